The maximum atomic E-state index is 8.52. The van der Waals surface area contributed by atoms with Crippen molar-refractivity contribution in [3.8, 4) is 45.0 Å². The molecule has 51 heavy (non-hydrogen) atoms. The molecule has 8 nitrogen and oxygen atoms in total. The van der Waals surface area contributed by atoms with E-state index in [1.54, 1.807) is 0 Å². The van der Waals surface area contributed by atoms with Crippen molar-refractivity contribution in [2.45, 2.75) is 52.4 Å². The van der Waals surface area contributed by atoms with E-state index in [4.69, 9.17) is 17.5 Å². The Morgan fingerprint density at radius 2 is 0.765 bits per heavy atom. The number of hydrogen-bond acceptors (Lipinski definition) is 4. The molecule has 9 heteroatoms. The predicted octanol–water partition coefficient (Wildman–Crippen LogP) is 7.62. The summed E-state index contributed by atoms with van der Waals surface area (Å²) in [6, 6.07) is 43.5. The molecule has 0 atom stereocenters. The molecule has 0 spiro atoms. The molecular weight excluding hydrogens is 657 g/mol. The van der Waals surface area contributed by atoms with E-state index < -0.39 is 10.4 Å². The zero-order valence-electron chi connectivity index (χ0n) is 31.4. The van der Waals surface area contributed by atoms with Crippen molar-refractivity contribution in [2.75, 3.05) is 0 Å². The summed E-state index contributed by atoms with van der Waals surface area (Å²) in [5.74, 6) is 0. The van der Waals surface area contributed by atoms with Gasteiger partial charge in [-0.25, -0.2) is 0 Å². The standard InChI is InChI=1S/2C21H25N2.H2O4S/c2*1-21(2,3)18-13-11-17(12-14-18)20-15-19(22(4)23(20)5)16-9-7-6-8-10-16;1-5(2,3)4/h2*6-15H,1-5H3;(H2,1,2,3,4)/q2*+1;/p-2. The number of rotatable bonds is 4. The first kappa shape index (κ1) is 39.0. The van der Waals surface area contributed by atoms with Gasteiger partial charge in [0.1, 0.15) is 11.4 Å². The molecule has 2 heterocycles. The predicted molar refractivity (Wildman–Crippen MR) is 203 cm³/mol. The lowest BCUT2D eigenvalue weighted by atomic mass is 9.86. The van der Waals surface area contributed by atoms with Gasteiger partial charge in [-0.05, 0) is 46.2 Å². The minimum absolute atomic E-state index is 0.187. The zero-order valence-corrected chi connectivity index (χ0v) is 32.2. The van der Waals surface area contributed by atoms with Crippen LogP contribution in [0.1, 0.15) is 52.7 Å². The molecule has 6 rings (SSSR count). The fourth-order valence-corrected chi connectivity index (χ4v) is 5.86. The van der Waals surface area contributed by atoms with E-state index in [0.29, 0.717) is 0 Å². The van der Waals surface area contributed by atoms with Crippen LogP contribution in [0.4, 0.5) is 0 Å². The summed E-state index contributed by atoms with van der Waals surface area (Å²) < 4.78 is 42.9. The van der Waals surface area contributed by atoms with Gasteiger partial charge in [0.2, 0.25) is 11.4 Å². The van der Waals surface area contributed by atoms with E-state index >= 15 is 0 Å². The second kappa shape index (κ2) is 15.6. The van der Waals surface area contributed by atoms with E-state index in [1.807, 2.05) is 0 Å². The molecule has 0 saturated heterocycles. The lowest BCUT2D eigenvalue weighted by Crippen LogP contribution is -2.39. The third kappa shape index (κ3) is 10.1. The van der Waals surface area contributed by atoms with Crippen LogP contribution in [-0.4, -0.2) is 26.9 Å². The van der Waals surface area contributed by atoms with Gasteiger partial charge in [-0.2, -0.15) is 9.36 Å². The molecule has 0 saturated carbocycles. The molecule has 2 aromatic heterocycles. The topological polar surface area (TPSA) is 97.9 Å². The number of hydrogen-bond donors (Lipinski definition) is 0. The first-order valence-electron chi connectivity index (χ1n) is 16.9. The smallest absolute Gasteiger partial charge is 0.238 e. The van der Waals surface area contributed by atoms with E-state index in [-0.39, 0.29) is 10.8 Å². The number of nitrogens with zero attached hydrogens (tertiary/aromatic N) is 4. The van der Waals surface area contributed by atoms with Gasteiger partial charge < -0.3 is 9.11 Å². The maximum Gasteiger partial charge on any atom is 0.238 e. The van der Waals surface area contributed by atoms with Crippen LogP contribution in [0.5, 0.6) is 0 Å². The van der Waals surface area contributed by atoms with Gasteiger partial charge in [0.05, 0.1) is 14.1 Å². The lowest BCUT2D eigenvalue weighted by molar-refractivity contribution is -0.740. The number of aromatic nitrogens is 4. The second-order valence-electron chi connectivity index (χ2n) is 14.7. The van der Waals surface area contributed by atoms with Gasteiger partial charge in [0.25, 0.3) is 0 Å². The van der Waals surface area contributed by atoms with Crippen LogP contribution in [0.3, 0.4) is 0 Å². The molecule has 4 aromatic carbocycles. The van der Waals surface area contributed by atoms with Crippen molar-refractivity contribution < 1.29 is 26.9 Å². The Kier molecular flexibility index (Phi) is 11.9. The van der Waals surface area contributed by atoms with Crippen LogP contribution in [0.2, 0.25) is 0 Å². The van der Waals surface area contributed by atoms with Crippen LogP contribution < -0.4 is 9.36 Å². The molecule has 0 bridgehead atoms. The Hall–Kier alpha value is -4.83. The molecule has 0 aliphatic heterocycles. The molecular formula is C42H50N4O4S. The highest BCUT2D eigenvalue weighted by atomic mass is 32.3. The van der Waals surface area contributed by atoms with Gasteiger partial charge in [0, 0.05) is 44.8 Å². The van der Waals surface area contributed by atoms with Crippen molar-refractivity contribution in [3.05, 3.63) is 132 Å². The van der Waals surface area contributed by atoms with E-state index in [1.165, 1.54) is 56.2 Å². The highest BCUT2D eigenvalue weighted by molar-refractivity contribution is 7.79. The van der Waals surface area contributed by atoms with Crippen LogP contribution in [0.25, 0.3) is 45.0 Å². The van der Waals surface area contributed by atoms with Gasteiger partial charge >= 0.3 is 0 Å². The second-order valence-corrected chi connectivity index (χ2v) is 15.5. The Morgan fingerprint density at radius 3 is 1.02 bits per heavy atom. The highest BCUT2D eigenvalue weighted by Gasteiger charge is 2.22. The van der Waals surface area contributed by atoms with Crippen LogP contribution in [-0.2, 0) is 49.4 Å². The summed E-state index contributed by atoms with van der Waals surface area (Å²) in [6.07, 6.45) is 0. The van der Waals surface area contributed by atoms with Gasteiger partial charge in [0.15, 0.2) is 14.1 Å². The van der Waals surface area contributed by atoms with Crippen molar-refractivity contribution in [2.24, 2.45) is 28.2 Å². The normalized spacial score (nSPS) is 11.7. The minimum Gasteiger partial charge on any atom is -0.759 e. The molecule has 0 fully saturated rings. The summed E-state index contributed by atoms with van der Waals surface area (Å²) in [7, 11) is 3.27. The zero-order chi connectivity index (χ0) is 37.7. The summed E-state index contributed by atoms with van der Waals surface area (Å²) >= 11 is 0. The van der Waals surface area contributed by atoms with E-state index in [0.717, 1.165) is 0 Å². The SMILES string of the molecule is Cn1c(-c2ccc(C(C)(C)C)cc2)cc(-c2ccccc2)[n+]1C.Cn1c(-c2ccc(C(C)(C)C)cc2)cc(-c2ccccc2)[n+]1C.O=S(=O)([O-])[O-]. The number of benzene rings is 4. The van der Waals surface area contributed by atoms with Crippen LogP contribution >= 0.6 is 0 Å². The van der Waals surface area contributed by atoms with Crippen molar-refractivity contribution in [1.82, 2.24) is 9.36 Å². The van der Waals surface area contributed by atoms with Gasteiger partial charge in [-0.15, -0.1) is 9.36 Å². The van der Waals surface area contributed by atoms with Gasteiger partial charge in [-0.1, -0.05) is 126 Å². The Balaban J connectivity index is 0.000000202. The third-order valence-corrected chi connectivity index (χ3v) is 9.07. The highest BCUT2D eigenvalue weighted by Crippen LogP contribution is 2.29. The summed E-state index contributed by atoms with van der Waals surface area (Å²) in [5.41, 5.74) is 13.0. The Bertz CT molecular complexity index is 2000. The molecule has 0 aliphatic carbocycles. The van der Waals surface area contributed by atoms with Crippen LogP contribution in [0.15, 0.2) is 121 Å². The third-order valence-electron chi connectivity index (χ3n) is 9.07. The molecule has 6 aromatic rings. The van der Waals surface area contributed by atoms with Crippen LogP contribution in [0, 0.1) is 0 Å². The Labute approximate surface area is 303 Å². The molecule has 0 radical (unpaired) electrons. The van der Waals surface area contributed by atoms with E-state index in [9.17, 15) is 0 Å². The maximum absolute atomic E-state index is 8.52. The van der Waals surface area contributed by atoms with E-state index in [2.05, 4.69) is 210 Å². The average molecular weight is 707 g/mol. The largest absolute Gasteiger partial charge is 0.759 e. The van der Waals surface area contributed by atoms with Crippen molar-refractivity contribution in [1.29, 1.82) is 0 Å². The summed E-state index contributed by atoms with van der Waals surface area (Å²) in [4.78, 5) is 0. The molecule has 0 amide bonds. The first-order valence-corrected chi connectivity index (χ1v) is 18.2. The fraction of sp³-hybridized carbons (Fsp3) is 0.286. The minimum atomic E-state index is -5.17. The molecule has 268 valence electrons. The fourth-order valence-electron chi connectivity index (χ4n) is 5.86. The van der Waals surface area contributed by atoms with Crippen molar-refractivity contribution in [3.63, 3.8) is 0 Å². The molecule has 0 aliphatic rings. The Morgan fingerprint density at radius 1 is 0.490 bits per heavy atom. The monoisotopic (exact) mass is 706 g/mol. The average Bonchev–Trinajstić information content (AvgIpc) is 3.54. The molecule has 0 unspecified atom stereocenters. The van der Waals surface area contributed by atoms with Gasteiger partial charge in [-0.3, -0.25) is 8.42 Å². The summed E-state index contributed by atoms with van der Waals surface area (Å²) in [6.45, 7) is 13.5. The molecule has 0 N–H and O–H groups in total. The lowest BCUT2D eigenvalue weighted by Gasteiger charge is -2.19. The van der Waals surface area contributed by atoms with Crippen molar-refractivity contribution >= 4 is 10.4 Å². The first-order chi connectivity index (χ1) is 23.8. The quantitative estimate of drug-likeness (QED) is 0.107. The summed E-state index contributed by atoms with van der Waals surface area (Å²) in [5, 5.41) is 0.